The predicted octanol–water partition coefficient (Wildman–Crippen LogP) is 6.90. The molecule has 0 fully saturated rings. The first kappa shape index (κ1) is 20.5. The Balaban J connectivity index is 1.49. The lowest BCUT2D eigenvalue weighted by Crippen LogP contribution is -2.25. The Bertz CT molecular complexity index is 1410. The molecule has 1 aliphatic heterocycles. The van der Waals surface area contributed by atoms with E-state index in [-0.39, 0.29) is 0 Å². The van der Waals surface area contributed by atoms with E-state index in [1.54, 1.807) is 0 Å². The van der Waals surface area contributed by atoms with E-state index in [4.69, 9.17) is 4.74 Å². The van der Waals surface area contributed by atoms with Crippen LogP contribution in [-0.2, 0) is 4.57 Å². The number of fused-ring (bicyclic) bond motifs is 2. The van der Waals surface area contributed by atoms with Gasteiger partial charge in [-0.1, -0.05) is 84.9 Å². The smallest absolute Gasteiger partial charge is 0.171 e. The first-order valence-electron chi connectivity index (χ1n) is 11.2. The molecule has 0 aromatic heterocycles. The molecule has 0 aliphatic carbocycles. The molecule has 1 aliphatic rings. The van der Waals surface area contributed by atoms with Gasteiger partial charge in [-0.05, 0) is 48.5 Å². The number of ether oxygens (including phenoxy) is 1. The zero-order valence-corrected chi connectivity index (χ0v) is 19.3. The van der Waals surface area contributed by atoms with Crippen molar-refractivity contribution in [3.63, 3.8) is 0 Å². The zero-order chi connectivity index (χ0) is 23.0. The minimum atomic E-state index is -3.01. The van der Waals surface area contributed by atoms with Gasteiger partial charge in [-0.15, -0.1) is 0 Å². The summed E-state index contributed by atoms with van der Waals surface area (Å²) in [4.78, 5) is 2.19. The van der Waals surface area contributed by atoms with Crippen LogP contribution in [0.4, 0.5) is 17.1 Å². The lowest BCUT2D eigenvalue weighted by Gasteiger charge is -2.33. The molecule has 3 nitrogen and oxygen atoms in total. The van der Waals surface area contributed by atoms with Crippen molar-refractivity contribution in [2.24, 2.45) is 0 Å². The predicted molar refractivity (Wildman–Crippen MR) is 141 cm³/mol. The summed E-state index contributed by atoms with van der Waals surface area (Å²) in [6.07, 6.45) is 0. The Morgan fingerprint density at radius 2 is 0.882 bits per heavy atom. The summed E-state index contributed by atoms with van der Waals surface area (Å²) in [6, 6.07) is 43.6. The van der Waals surface area contributed by atoms with Gasteiger partial charge in [0.1, 0.15) is 0 Å². The summed E-state index contributed by atoms with van der Waals surface area (Å²) in [6.45, 7) is 0. The number of para-hydroxylation sites is 4. The third-order valence-electron chi connectivity index (χ3n) is 6.14. The summed E-state index contributed by atoms with van der Waals surface area (Å²) in [7, 11) is -3.01. The van der Waals surface area contributed by atoms with Gasteiger partial charge in [0.2, 0.25) is 0 Å². The van der Waals surface area contributed by atoms with E-state index in [0.717, 1.165) is 44.5 Å². The zero-order valence-electron chi connectivity index (χ0n) is 18.4. The second-order valence-electron chi connectivity index (χ2n) is 8.17. The fraction of sp³-hybridized carbons (Fsp3) is 0. The molecule has 1 heterocycles. The second-order valence-corrected chi connectivity index (χ2v) is 10.9. The number of benzene rings is 5. The molecule has 4 heteroatoms. The van der Waals surface area contributed by atoms with E-state index >= 15 is 0 Å². The van der Waals surface area contributed by atoms with Gasteiger partial charge in [0.25, 0.3) is 0 Å². The Morgan fingerprint density at radius 3 is 1.38 bits per heavy atom. The van der Waals surface area contributed by atoms with Crippen molar-refractivity contribution in [3.05, 3.63) is 133 Å². The maximum absolute atomic E-state index is 14.7. The van der Waals surface area contributed by atoms with Crippen LogP contribution in [-0.4, -0.2) is 0 Å². The molecular formula is C30H22NO2P. The fourth-order valence-corrected chi connectivity index (χ4v) is 7.16. The molecule has 0 N–H and O–H groups in total. The standard InChI is InChI=1S/C30H22NO2P/c32-34(24-11-3-1-4-12-24,25-13-5-2-6-14-25)26-21-19-23(20-22-26)31-27-15-7-9-17-29(27)33-30-18-10-8-16-28(30)31/h1-22H. The maximum Gasteiger partial charge on any atom is 0.171 e. The molecule has 0 spiro atoms. The number of rotatable bonds is 4. The molecule has 0 radical (unpaired) electrons. The average molecular weight is 459 g/mol. The summed E-state index contributed by atoms with van der Waals surface area (Å²) in [5.41, 5.74) is 2.94. The molecule has 164 valence electrons. The van der Waals surface area contributed by atoms with Crippen LogP contribution in [0.2, 0.25) is 0 Å². The first-order chi connectivity index (χ1) is 16.7. The van der Waals surface area contributed by atoms with Crippen LogP contribution in [0.25, 0.3) is 0 Å². The Hall–Kier alpha value is -4.07. The Labute approximate surface area is 199 Å². The van der Waals surface area contributed by atoms with Crippen LogP contribution in [0, 0.1) is 0 Å². The fourth-order valence-electron chi connectivity index (χ4n) is 4.52. The van der Waals surface area contributed by atoms with Gasteiger partial charge >= 0.3 is 0 Å². The highest BCUT2D eigenvalue weighted by atomic mass is 31.2. The normalized spacial score (nSPS) is 12.4. The monoisotopic (exact) mass is 459 g/mol. The van der Waals surface area contributed by atoms with Crippen LogP contribution in [0.1, 0.15) is 0 Å². The third kappa shape index (κ3) is 3.34. The van der Waals surface area contributed by atoms with E-state index in [9.17, 15) is 4.57 Å². The van der Waals surface area contributed by atoms with Gasteiger partial charge in [0.15, 0.2) is 18.6 Å². The summed E-state index contributed by atoms with van der Waals surface area (Å²) in [5.74, 6) is 1.62. The molecule has 5 aromatic carbocycles. The van der Waals surface area contributed by atoms with Crippen molar-refractivity contribution in [2.45, 2.75) is 0 Å². The van der Waals surface area contributed by atoms with E-state index < -0.39 is 7.14 Å². The van der Waals surface area contributed by atoms with Crippen molar-refractivity contribution >= 4 is 40.1 Å². The van der Waals surface area contributed by atoms with E-state index in [1.807, 2.05) is 121 Å². The SMILES string of the molecule is O=P(c1ccccc1)(c1ccccc1)c1ccc(N2c3ccccc3Oc3ccccc32)cc1. The molecule has 34 heavy (non-hydrogen) atoms. The topological polar surface area (TPSA) is 29.5 Å². The number of hydrogen-bond acceptors (Lipinski definition) is 3. The van der Waals surface area contributed by atoms with E-state index in [0.29, 0.717) is 0 Å². The Kier molecular flexibility index (Phi) is 5.05. The van der Waals surface area contributed by atoms with Crippen LogP contribution in [0.15, 0.2) is 133 Å². The maximum atomic E-state index is 14.7. The van der Waals surface area contributed by atoms with Crippen molar-refractivity contribution in [1.29, 1.82) is 0 Å². The third-order valence-corrected chi connectivity index (χ3v) is 9.22. The highest BCUT2D eigenvalue weighted by Gasteiger charge is 2.30. The lowest BCUT2D eigenvalue weighted by atomic mass is 10.1. The molecule has 0 atom stereocenters. The molecule has 0 amide bonds. The first-order valence-corrected chi connectivity index (χ1v) is 12.9. The van der Waals surface area contributed by atoms with Crippen molar-refractivity contribution in [2.75, 3.05) is 4.90 Å². The largest absolute Gasteiger partial charge is 0.453 e. The highest BCUT2D eigenvalue weighted by Crippen LogP contribution is 2.50. The molecule has 0 bridgehead atoms. The van der Waals surface area contributed by atoms with Crippen molar-refractivity contribution in [1.82, 2.24) is 0 Å². The van der Waals surface area contributed by atoms with Gasteiger partial charge in [0, 0.05) is 21.6 Å². The number of hydrogen-bond donors (Lipinski definition) is 0. The van der Waals surface area contributed by atoms with E-state index in [1.165, 1.54) is 0 Å². The van der Waals surface area contributed by atoms with Gasteiger partial charge in [-0.2, -0.15) is 0 Å². The van der Waals surface area contributed by atoms with Gasteiger partial charge in [-0.3, -0.25) is 0 Å². The molecule has 0 saturated carbocycles. The van der Waals surface area contributed by atoms with Crippen molar-refractivity contribution < 1.29 is 9.30 Å². The minimum absolute atomic E-state index is 0.809. The summed E-state index contributed by atoms with van der Waals surface area (Å²) < 4.78 is 20.8. The molecule has 5 aromatic rings. The van der Waals surface area contributed by atoms with E-state index in [2.05, 4.69) is 17.0 Å². The molecule has 6 rings (SSSR count). The van der Waals surface area contributed by atoms with Gasteiger partial charge in [0.05, 0.1) is 11.4 Å². The minimum Gasteiger partial charge on any atom is -0.453 e. The molecular weight excluding hydrogens is 437 g/mol. The average Bonchev–Trinajstić information content (AvgIpc) is 2.92. The van der Waals surface area contributed by atoms with Crippen LogP contribution in [0.3, 0.4) is 0 Å². The highest BCUT2D eigenvalue weighted by molar-refractivity contribution is 7.85. The van der Waals surface area contributed by atoms with Crippen LogP contribution in [0.5, 0.6) is 11.5 Å². The summed E-state index contributed by atoms with van der Waals surface area (Å²) >= 11 is 0. The van der Waals surface area contributed by atoms with Gasteiger partial charge in [-0.25, -0.2) is 0 Å². The van der Waals surface area contributed by atoms with Crippen molar-refractivity contribution in [3.8, 4) is 11.5 Å². The Morgan fingerprint density at radius 1 is 0.471 bits per heavy atom. The van der Waals surface area contributed by atoms with Gasteiger partial charge < -0.3 is 14.2 Å². The van der Waals surface area contributed by atoms with Crippen LogP contribution >= 0.6 is 7.14 Å². The van der Waals surface area contributed by atoms with Crippen LogP contribution < -0.4 is 25.6 Å². The quantitative estimate of drug-likeness (QED) is 0.269. The number of anilines is 3. The molecule has 0 saturated heterocycles. The second kappa shape index (κ2) is 8.37. The number of nitrogens with zero attached hydrogens (tertiary/aromatic N) is 1. The molecule has 0 unspecified atom stereocenters. The summed E-state index contributed by atoms with van der Waals surface area (Å²) in [5, 5.41) is 2.47. The lowest BCUT2D eigenvalue weighted by molar-refractivity contribution is 0.477.